The van der Waals surface area contributed by atoms with E-state index in [1.807, 2.05) is 0 Å². The molecule has 0 saturated carbocycles. The van der Waals surface area contributed by atoms with Crippen LogP contribution in [0.5, 0.6) is 0 Å². The van der Waals surface area contributed by atoms with E-state index in [1.54, 1.807) is 6.20 Å². The van der Waals surface area contributed by atoms with Gasteiger partial charge in [-0.1, -0.05) is 13.8 Å². The molecule has 0 unspecified atom stereocenters. The molecule has 64 valence electrons. The molecule has 3 nitrogen and oxygen atoms in total. The first-order chi connectivity index (χ1) is 5.72. The van der Waals surface area contributed by atoms with Gasteiger partial charge in [-0.2, -0.15) is 0 Å². The topological polar surface area (TPSA) is 42.9 Å². The molecule has 0 spiro atoms. The molecule has 0 bridgehead atoms. The number of carbonyl (C=O) groups excluding carboxylic acids is 1. The van der Waals surface area contributed by atoms with Crippen molar-refractivity contribution < 1.29 is 4.79 Å². The van der Waals surface area contributed by atoms with Crippen LogP contribution in [0.2, 0.25) is 0 Å². The van der Waals surface area contributed by atoms with Gasteiger partial charge in [-0.05, 0) is 12.3 Å². The van der Waals surface area contributed by atoms with Crippen LogP contribution in [0, 0.1) is 5.92 Å². The zero-order valence-electron chi connectivity index (χ0n) is 7.32. The highest BCUT2D eigenvalue weighted by Gasteiger charge is 2.00. The molecule has 0 aromatic carbocycles. The zero-order chi connectivity index (χ0) is 8.97. The Morgan fingerprint density at radius 2 is 2.25 bits per heavy atom. The van der Waals surface area contributed by atoms with Crippen molar-refractivity contribution in [1.29, 1.82) is 0 Å². The SMILES string of the molecule is CC(C)Cc1cncc(C=O)n1. The molecule has 0 atom stereocenters. The number of hydrogen-bond acceptors (Lipinski definition) is 3. The molecule has 0 N–H and O–H groups in total. The van der Waals surface area contributed by atoms with Crippen molar-refractivity contribution in [1.82, 2.24) is 9.97 Å². The number of aromatic nitrogens is 2. The fraction of sp³-hybridized carbons (Fsp3) is 0.444. The normalized spacial score (nSPS) is 10.2. The average Bonchev–Trinajstić information content (AvgIpc) is 2.03. The Morgan fingerprint density at radius 1 is 1.50 bits per heavy atom. The second-order valence-corrected chi connectivity index (χ2v) is 3.15. The maximum Gasteiger partial charge on any atom is 0.170 e. The highest BCUT2D eigenvalue weighted by molar-refractivity contribution is 5.70. The molecule has 12 heavy (non-hydrogen) atoms. The first-order valence-corrected chi connectivity index (χ1v) is 3.98. The van der Waals surface area contributed by atoms with Gasteiger partial charge < -0.3 is 0 Å². The lowest BCUT2D eigenvalue weighted by molar-refractivity contribution is 0.111. The molecule has 0 aliphatic heterocycles. The van der Waals surface area contributed by atoms with Crippen LogP contribution in [0.1, 0.15) is 30.0 Å². The summed E-state index contributed by atoms with van der Waals surface area (Å²) in [6.45, 7) is 4.21. The Kier molecular flexibility index (Phi) is 2.91. The number of aldehydes is 1. The first-order valence-electron chi connectivity index (χ1n) is 3.98. The number of carbonyl (C=O) groups is 1. The minimum absolute atomic E-state index is 0.410. The van der Waals surface area contributed by atoms with E-state index in [0.717, 1.165) is 18.4 Å². The second kappa shape index (κ2) is 3.95. The van der Waals surface area contributed by atoms with Crippen LogP contribution in [-0.4, -0.2) is 16.3 Å². The molecular formula is C9H12N2O. The summed E-state index contributed by atoms with van der Waals surface area (Å²) in [6, 6.07) is 0. The summed E-state index contributed by atoms with van der Waals surface area (Å²) in [5.74, 6) is 0.543. The van der Waals surface area contributed by atoms with E-state index in [2.05, 4.69) is 23.8 Å². The molecule has 1 aromatic rings. The fourth-order valence-electron chi connectivity index (χ4n) is 0.997. The third kappa shape index (κ3) is 2.42. The minimum Gasteiger partial charge on any atom is -0.296 e. The highest BCUT2D eigenvalue weighted by atomic mass is 16.1. The molecule has 0 fully saturated rings. The monoisotopic (exact) mass is 164 g/mol. The summed E-state index contributed by atoms with van der Waals surface area (Å²) in [5.41, 5.74) is 1.29. The van der Waals surface area contributed by atoms with Gasteiger partial charge in [-0.25, -0.2) is 4.98 Å². The van der Waals surface area contributed by atoms with Crippen molar-refractivity contribution >= 4 is 6.29 Å². The Bertz CT molecular complexity index is 271. The largest absolute Gasteiger partial charge is 0.296 e. The van der Waals surface area contributed by atoms with Gasteiger partial charge in [0.25, 0.3) is 0 Å². The summed E-state index contributed by atoms with van der Waals surface area (Å²) in [6.07, 6.45) is 4.76. The van der Waals surface area contributed by atoms with Gasteiger partial charge in [0.1, 0.15) is 5.69 Å². The Labute approximate surface area is 71.9 Å². The third-order valence-corrected chi connectivity index (χ3v) is 1.44. The van der Waals surface area contributed by atoms with Gasteiger partial charge in [0.2, 0.25) is 0 Å². The number of hydrogen-bond donors (Lipinski definition) is 0. The maximum atomic E-state index is 10.3. The van der Waals surface area contributed by atoms with E-state index in [4.69, 9.17) is 0 Å². The fourth-order valence-corrected chi connectivity index (χ4v) is 0.997. The average molecular weight is 164 g/mol. The quantitative estimate of drug-likeness (QED) is 0.635. The lowest BCUT2D eigenvalue weighted by Gasteiger charge is -2.02. The van der Waals surface area contributed by atoms with E-state index in [9.17, 15) is 4.79 Å². The van der Waals surface area contributed by atoms with Crippen LogP contribution < -0.4 is 0 Å². The summed E-state index contributed by atoms with van der Waals surface area (Å²) < 4.78 is 0. The standard InChI is InChI=1S/C9H12N2O/c1-7(2)3-8-4-10-5-9(6-12)11-8/h4-7H,3H2,1-2H3. The molecule has 1 aromatic heterocycles. The smallest absolute Gasteiger partial charge is 0.170 e. The lowest BCUT2D eigenvalue weighted by Crippen LogP contribution is -2.00. The Balaban J connectivity index is 2.79. The van der Waals surface area contributed by atoms with Crippen molar-refractivity contribution in [3.8, 4) is 0 Å². The molecule has 0 aliphatic rings. The molecule has 0 radical (unpaired) electrons. The van der Waals surface area contributed by atoms with Crippen molar-refractivity contribution in [3.63, 3.8) is 0 Å². The van der Waals surface area contributed by atoms with E-state index in [-0.39, 0.29) is 0 Å². The minimum atomic E-state index is 0.410. The Morgan fingerprint density at radius 3 is 2.83 bits per heavy atom. The molecule has 0 aliphatic carbocycles. The number of nitrogens with zero attached hydrogens (tertiary/aromatic N) is 2. The summed E-state index contributed by atoms with van der Waals surface area (Å²) in [4.78, 5) is 18.4. The molecular weight excluding hydrogens is 152 g/mol. The molecule has 1 heterocycles. The highest BCUT2D eigenvalue weighted by Crippen LogP contribution is 2.03. The van der Waals surface area contributed by atoms with Gasteiger partial charge in [0.05, 0.1) is 11.9 Å². The third-order valence-electron chi connectivity index (χ3n) is 1.44. The maximum absolute atomic E-state index is 10.3. The molecule has 1 rings (SSSR count). The van der Waals surface area contributed by atoms with E-state index in [1.165, 1.54) is 6.20 Å². The predicted octanol–water partition coefficient (Wildman–Crippen LogP) is 1.49. The molecule has 3 heteroatoms. The van der Waals surface area contributed by atoms with Crippen molar-refractivity contribution in [2.75, 3.05) is 0 Å². The van der Waals surface area contributed by atoms with Crippen LogP contribution in [-0.2, 0) is 6.42 Å². The van der Waals surface area contributed by atoms with Crippen LogP contribution in [0.4, 0.5) is 0 Å². The Hall–Kier alpha value is -1.25. The zero-order valence-corrected chi connectivity index (χ0v) is 7.32. The summed E-state index contributed by atoms with van der Waals surface area (Å²) in [5, 5.41) is 0. The molecule has 0 amide bonds. The molecule has 0 saturated heterocycles. The lowest BCUT2D eigenvalue weighted by atomic mass is 10.1. The van der Waals surface area contributed by atoms with Crippen LogP contribution in [0.3, 0.4) is 0 Å². The van der Waals surface area contributed by atoms with Crippen LogP contribution in [0.15, 0.2) is 12.4 Å². The van der Waals surface area contributed by atoms with Gasteiger partial charge in [0.15, 0.2) is 6.29 Å². The van der Waals surface area contributed by atoms with E-state index in [0.29, 0.717) is 11.6 Å². The van der Waals surface area contributed by atoms with Crippen LogP contribution in [0.25, 0.3) is 0 Å². The number of rotatable bonds is 3. The van der Waals surface area contributed by atoms with Gasteiger partial charge in [-0.15, -0.1) is 0 Å². The van der Waals surface area contributed by atoms with Gasteiger partial charge in [-0.3, -0.25) is 9.78 Å². The van der Waals surface area contributed by atoms with E-state index >= 15 is 0 Å². The van der Waals surface area contributed by atoms with Crippen molar-refractivity contribution in [2.24, 2.45) is 5.92 Å². The summed E-state index contributed by atoms with van der Waals surface area (Å²) in [7, 11) is 0. The predicted molar refractivity (Wildman–Crippen MR) is 46.0 cm³/mol. The van der Waals surface area contributed by atoms with Crippen molar-refractivity contribution in [2.45, 2.75) is 20.3 Å². The van der Waals surface area contributed by atoms with Crippen molar-refractivity contribution in [3.05, 3.63) is 23.8 Å². The summed E-state index contributed by atoms with van der Waals surface area (Å²) >= 11 is 0. The first kappa shape index (κ1) is 8.84. The van der Waals surface area contributed by atoms with E-state index < -0.39 is 0 Å². The van der Waals surface area contributed by atoms with Crippen LogP contribution >= 0.6 is 0 Å². The second-order valence-electron chi connectivity index (χ2n) is 3.15. The van der Waals surface area contributed by atoms with Gasteiger partial charge in [0, 0.05) is 6.20 Å². The van der Waals surface area contributed by atoms with Gasteiger partial charge >= 0.3 is 0 Å².